The number of ketones is 1. The number of Topliss-reactive ketones (excluding diaryl/α,β-unsaturated/α-hetero) is 1. The second-order valence-electron chi connectivity index (χ2n) is 3.99. The van der Waals surface area contributed by atoms with Crippen molar-refractivity contribution in [3.8, 4) is 5.69 Å². The van der Waals surface area contributed by atoms with Crippen molar-refractivity contribution in [1.29, 1.82) is 0 Å². The number of rotatable bonds is 3. The predicted molar refractivity (Wildman–Crippen MR) is 70.8 cm³/mol. The van der Waals surface area contributed by atoms with Crippen LogP contribution in [0.3, 0.4) is 0 Å². The van der Waals surface area contributed by atoms with Crippen LogP contribution < -0.4 is 5.56 Å². The maximum Gasteiger partial charge on any atom is 0.282 e. The molecular formula is C13H13ClN2O2. The molecule has 0 fully saturated rings. The Morgan fingerprint density at radius 2 is 1.89 bits per heavy atom. The number of hydrogen-bond acceptors (Lipinski definition) is 2. The SMILES string of the molecule is Cc1c(C(=O)CCl)c(=O)n(-c2ccccc2)n1C. The van der Waals surface area contributed by atoms with E-state index >= 15 is 0 Å². The molecule has 0 aliphatic heterocycles. The molecule has 0 atom stereocenters. The average molecular weight is 265 g/mol. The molecule has 0 radical (unpaired) electrons. The molecular weight excluding hydrogens is 252 g/mol. The highest BCUT2D eigenvalue weighted by molar-refractivity contribution is 6.30. The van der Waals surface area contributed by atoms with E-state index in [0.29, 0.717) is 5.69 Å². The van der Waals surface area contributed by atoms with Crippen molar-refractivity contribution in [3.63, 3.8) is 0 Å². The molecule has 94 valence electrons. The summed E-state index contributed by atoms with van der Waals surface area (Å²) in [7, 11) is 1.74. The molecule has 1 heterocycles. The van der Waals surface area contributed by atoms with Crippen LogP contribution in [0.1, 0.15) is 16.1 Å². The van der Waals surface area contributed by atoms with Crippen LogP contribution in [0.25, 0.3) is 5.69 Å². The molecule has 4 nitrogen and oxygen atoms in total. The summed E-state index contributed by atoms with van der Waals surface area (Å²) < 4.78 is 3.13. The summed E-state index contributed by atoms with van der Waals surface area (Å²) in [4.78, 5) is 24.0. The van der Waals surface area contributed by atoms with Crippen LogP contribution in [0.2, 0.25) is 0 Å². The maximum atomic E-state index is 12.3. The van der Waals surface area contributed by atoms with Crippen LogP contribution >= 0.6 is 11.6 Å². The van der Waals surface area contributed by atoms with E-state index in [1.165, 1.54) is 4.68 Å². The van der Waals surface area contributed by atoms with Crippen molar-refractivity contribution in [2.24, 2.45) is 7.05 Å². The summed E-state index contributed by atoms with van der Waals surface area (Å²) in [5.74, 6) is -0.529. The van der Waals surface area contributed by atoms with Crippen molar-refractivity contribution >= 4 is 17.4 Å². The van der Waals surface area contributed by atoms with Gasteiger partial charge in [0.15, 0.2) is 5.78 Å². The highest BCUT2D eigenvalue weighted by Crippen LogP contribution is 2.10. The van der Waals surface area contributed by atoms with Crippen LogP contribution in [-0.4, -0.2) is 21.0 Å². The summed E-state index contributed by atoms with van der Waals surface area (Å²) in [6, 6.07) is 9.18. The topological polar surface area (TPSA) is 44.0 Å². The van der Waals surface area contributed by atoms with E-state index in [0.717, 1.165) is 5.69 Å². The Kier molecular flexibility index (Phi) is 3.39. The van der Waals surface area contributed by atoms with E-state index in [9.17, 15) is 9.59 Å². The van der Waals surface area contributed by atoms with Crippen LogP contribution in [0.4, 0.5) is 0 Å². The molecule has 0 saturated carbocycles. The van der Waals surface area contributed by atoms with E-state index in [1.54, 1.807) is 18.7 Å². The summed E-state index contributed by atoms with van der Waals surface area (Å²) in [5.41, 5.74) is 1.18. The number of carbonyl (C=O) groups excluding carboxylic acids is 1. The van der Waals surface area contributed by atoms with E-state index in [4.69, 9.17) is 11.6 Å². The number of para-hydroxylation sites is 1. The molecule has 0 amide bonds. The van der Waals surface area contributed by atoms with Gasteiger partial charge in [-0.1, -0.05) is 18.2 Å². The first-order valence-corrected chi connectivity index (χ1v) is 6.04. The fraction of sp³-hybridized carbons (Fsp3) is 0.231. The molecule has 2 rings (SSSR count). The van der Waals surface area contributed by atoms with Crippen molar-refractivity contribution in [2.45, 2.75) is 6.92 Å². The standard InChI is InChI=1S/C13H13ClN2O2/c1-9-12(11(17)8-14)13(18)16(15(9)2)10-6-4-3-5-7-10/h3-7H,8H2,1-2H3. The number of hydrogen-bond donors (Lipinski definition) is 0. The Labute approximate surface area is 109 Å². The molecule has 2 aromatic rings. The van der Waals surface area contributed by atoms with Gasteiger partial charge < -0.3 is 0 Å². The van der Waals surface area contributed by atoms with Gasteiger partial charge in [-0.15, -0.1) is 11.6 Å². The molecule has 0 aliphatic carbocycles. The number of carbonyl (C=O) groups is 1. The van der Waals surface area contributed by atoms with E-state index in [1.807, 2.05) is 30.3 Å². The second kappa shape index (κ2) is 4.82. The fourth-order valence-corrected chi connectivity index (χ4v) is 2.09. The number of alkyl halides is 1. The van der Waals surface area contributed by atoms with Crippen LogP contribution in [0.15, 0.2) is 35.1 Å². The predicted octanol–water partition coefficient (Wildman–Crippen LogP) is 1.91. The Morgan fingerprint density at radius 3 is 2.44 bits per heavy atom. The van der Waals surface area contributed by atoms with Crippen molar-refractivity contribution in [3.05, 3.63) is 51.9 Å². The zero-order valence-electron chi connectivity index (χ0n) is 10.2. The lowest BCUT2D eigenvalue weighted by Gasteiger charge is -2.07. The summed E-state index contributed by atoms with van der Waals surface area (Å²) in [5, 5.41) is 0. The lowest BCUT2D eigenvalue weighted by Crippen LogP contribution is -2.22. The van der Waals surface area contributed by atoms with Gasteiger partial charge in [-0.3, -0.25) is 14.3 Å². The van der Waals surface area contributed by atoms with Gasteiger partial charge in [-0.05, 0) is 19.1 Å². The number of halogens is 1. The first-order valence-electron chi connectivity index (χ1n) is 5.51. The molecule has 0 bridgehead atoms. The zero-order valence-corrected chi connectivity index (χ0v) is 10.9. The maximum absolute atomic E-state index is 12.3. The molecule has 0 spiro atoms. The van der Waals surface area contributed by atoms with Gasteiger partial charge in [-0.2, -0.15) is 0 Å². The molecule has 1 aromatic carbocycles. The van der Waals surface area contributed by atoms with Gasteiger partial charge >= 0.3 is 0 Å². The third-order valence-corrected chi connectivity index (χ3v) is 3.20. The second-order valence-corrected chi connectivity index (χ2v) is 4.26. The Balaban J connectivity index is 2.72. The van der Waals surface area contributed by atoms with Crippen molar-refractivity contribution < 1.29 is 4.79 Å². The van der Waals surface area contributed by atoms with Gasteiger partial charge in [0.1, 0.15) is 5.56 Å². The molecule has 1 aromatic heterocycles. The minimum absolute atomic E-state index is 0.163. The van der Waals surface area contributed by atoms with Crippen LogP contribution in [0, 0.1) is 6.92 Å². The summed E-state index contributed by atoms with van der Waals surface area (Å²) >= 11 is 5.53. The van der Waals surface area contributed by atoms with Gasteiger partial charge in [0, 0.05) is 12.7 Å². The van der Waals surface area contributed by atoms with Gasteiger partial charge in [0.05, 0.1) is 11.6 Å². The third kappa shape index (κ3) is 1.88. The first kappa shape index (κ1) is 12.6. The normalized spacial score (nSPS) is 10.6. The van der Waals surface area contributed by atoms with Gasteiger partial charge in [0.25, 0.3) is 5.56 Å². The largest absolute Gasteiger partial charge is 0.293 e. The zero-order chi connectivity index (χ0) is 13.3. The Morgan fingerprint density at radius 1 is 1.28 bits per heavy atom. The van der Waals surface area contributed by atoms with Crippen molar-refractivity contribution in [1.82, 2.24) is 9.36 Å². The third-order valence-electron chi connectivity index (χ3n) is 2.95. The van der Waals surface area contributed by atoms with Crippen LogP contribution in [0.5, 0.6) is 0 Å². The average Bonchev–Trinajstić information content (AvgIpc) is 2.61. The molecule has 0 unspecified atom stereocenters. The molecule has 0 aliphatic rings. The summed E-state index contributed by atoms with van der Waals surface area (Å²) in [6.45, 7) is 1.74. The highest BCUT2D eigenvalue weighted by atomic mass is 35.5. The number of nitrogens with zero attached hydrogens (tertiary/aromatic N) is 2. The highest BCUT2D eigenvalue weighted by Gasteiger charge is 2.20. The molecule has 0 saturated heterocycles. The minimum atomic E-state index is -0.343. The number of aromatic nitrogens is 2. The Hall–Kier alpha value is -1.81. The van der Waals surface area contributed by atoms with Gasteiger partial charge in [0.2, 0.25) is 0 Å². The smallest absolute Gasteiger partial charge is 0.282 e. The lowest BCUT2D eigenvalue weighted by molar-refractivity contribution is 0.101. The minimum Gasteiger partial charge on any atom is -0.293 e. The van der Waals surface area contributed by atoms with Gasteiger partial charge in [-0.25, -0.2) is 4.68 Å². The van der Waals surface area contributed by atoms with E-state index in [2.05, 4.69) is 0 Å². The molecule has 5 heteroatoms. The lowest BCUT2D eigenvalue weighted by atomic mass is 10.2. The van der Waals surface area contributed by atoms with Crippen LogP contribution in [-0.2, 0) is 7.05 Å². The monoisotopic (exact) mass is 264 g/mol. The van der Waals surface area contributed by atoms with Crippen molar-refractivity contribution in [2.75, 3.05) is 5.88 Å². The molecule has 18 heavy (non-hydrogen) atoms. The molecule has 0 N–H and O–H groups in total. The quantitative estimate of drug-likeness (QED) is 0.628. The van der Waals surface area contributed by atoms with E-state index < -0.39 is 0 Å². The Bertz CT molecular complexity index is 641. The summed E-state index contributed by atoms with van der Waals surface area (Å²) in [6.07, 6.45) is 0. The first-order chi connectivity index (χ1) is 8.57. The fourth-order valence-electron chi connectivity index (χ4n) is 1.96. The number of benzene rings is 1. The van der Waals surface area contributed by atoms with E-state index in [-0.39, 0.29) is 22.8 Å².